The maximum atomic E-state index is 13.7. The number of ether oxygens (including phenoxy) is 3. The van der Waals surface area contributed by atoms with E-state index in [0.717, 1.165) is 39.5 Å². The molecule has 2 aliphatic rings. The zero-order valence-electron chi connectivity index (χ0n) is 24.4. The Balaban J connectivity index is 1.28. The van der Waals surface area contributed by atoms with Crippen molar-refractivity contribution in [2.24, 2.45) is 0 Å². The highest BCUT2D eigenvalue weighted by molar-refractivity contribution is 6.15. The first-order chi connectivity index (χ1) is 19.6. The molecule has 2 saturated heterocycles. The molecule has 2 aliphatic heterocycles. The molecule has 0 saturated carbocycles. The van der Waals surface area contributed by atoms with Crippen LogP contribution in [0.25, 0.3) is 21.8 Å². The Labute approximate surface area is 239 Å². The Morgan fingerprint density at radius 2 is 1.76 bits per heavy atom. The van der Waals surface area contributed by atoms with Crippen LogP contribution in [0.2, 0.25) is 0 Å². The van der Waals surface area contributed by atoms with Gasteiger partial charge in [-0.1, -0.05) is 6.07 Å². The van der Waals surface area contributed by atoms with Gasteiger partial charge in [0.1, 0.15) is 18.5 Å². The van der Waals surface area contributed by atoms with E-state index in [4.69, 9.17) is 19.0 Å². The van der Waals surface area contributed by atoms with Gasteiger partial charge in [-0.05, 0) is 94.3 Å². The Kier molecular flexibility index (Phi) is 6.88. The maximum absolute atomic E-state index is 13.7. The van der Waals surface area contributed by atoms with Crippen LogP contribution >= 0.6 is 0 Å². The molecule has 3 heterocycles. The van der Waals surface area contributed by atoms with E-state index in [9.17, 15) is 9.59 Å². The van der Waals surface area contributed by atoms with Crippen molar-refractivity contribution in [2.75, 3.05) is 13.2 Å². The average Bonchev–Trinajstić information content (AvgIpc) is 3.25. The van der Waals surface area contributed by atoms with Crippen molar-refractivity contribution in [2.45, 2.75) is 72.1 Å². The number of aromatic nitrogens is 1. The van der Waals surface area contributed by atoms with Crippen molar-refractivity contribution in [3.8, 4) is 5.75 Å². The van der Waals surface area contributed by atoms with Crippen molar-refractivity contribution in [1.82, 2.24) is 9.63 Å². The van der Waals surface area contributed by atoms with Gasteiger partial charge in [-0.3, -0.25) is 9.59 Å². The lowest BCUT2D eigenvalue weighted by atomic mass is 9.97. The van der Waals surface area contributed by atoms with Crippen molar-refractivity contribution in [1.29, 1.82) is 0 Å². The summed E-state index contributed by atoms with van der Waals surface area (Å²) in [6, 6.07) is 18.0. The van der Waals surface area contributed by atoms with Crippen LogP contribution in [0.15, 0.2) is 54.6 Å². The molecular weight excluding hydrogens is 520 g/mol. The van der Waals surface area contributed by atoms with Gasteiger partial charge in [0.15, 0.2) is 11.6 Å². The quantitative estimate of drug-likeness (QED) is 0.191. The van der Waals surface area contributed by atoms with Crippen LogP contribution in [0, 0.1) is 6.92 Å². The Bertz CT molecular complexity index is 1670. The first kappa shape index (κ1) is 27.4. The normalized spacial score (nSPS) is 23.2. The summed E-state index contributed by atoms with van der Waals surface area (Å²) in [5.41, 5.74) is 5.40. The summed E-state index contributed by atoms with van der Waals surface area (Å²) in [5, 5.41) is 3.84. The van der Waals surface area contributed by atoms with Gasteiger partial charge >= 0.3 is 5.97 Å². The van der Waals surface area contributed by atoms with Crippen LogP contribution in [0.1, 0.15) is 67.7 Å². The number of ketones is 1. The van der Waals surface area contributed by atoms with Crippen LogP contribution < -0.4 is 4.74 Å². The first-order valence-electron chi connectivity index (χ1n) is 14.2. The molecule has 8 heteroatoms. The summed E-state index contributed by atoms with van der Waals surface area (Å²) >= 11 is 0. The lowest BCUT2D eigenvalue weighted by Crippen LogP contribution is -2.25. The molecular formula is C33H36N2O6. The summed E-state index contributed by atoms with van der Waals surface area (Å²) < 4.78 is 19.6. The summed E-state index contributed by atoms with van der Waals surface area (Å²) in [7, 11) is 0. The zero-order chi connectivity index (χ0) is 29.1. The molecule has 8 nitrogen and oxygen atoms in total. The molecule has 0 spiro atoms. The number of aryl methyl sites for hydroxylation is 2. The highest BCUT2D eigenvalue weighted by Crippen LogP contribution is 2.44. The Morgan fingerprint density at radius 1 is 1.02 bits per heavy atom. The van der Waals surface area contributed by atoms with E-state index in [1.54, 1.807) is 5.06 Å². The number of benzene rings is 3. The predicted octanol–water partition coefficient (Wildman–Crippen LogP) is 6.11. The SMILES string of the molecule is CCn1c2ccc(C(=O)c3ccc(OCC4COC(C)(C)O4)cc3C)cc2c2cc(C3C(C)N3OC(C)=O)ccc21. The van der Waals surface area contributed by atoms with E-state index in [1.165, 1.54) is 6.92 Å². The lowest BCUT2D eigenvalue weighted by molar-refractivity contribution is -0.166. The second kappa shape index (κ2) is 10.3. The number of carbonyl (C=O) groups excluding carboxylic acids is 2. The topological polar surface area (TPSA) is 79.0 Å². The fourth-order valence-corrected chi connectivity index (χ4v) is 5.99. The molecule has 3 aromatic carbocycles. The Morgan fingerprint density at radius 3 is 2.41 bits per heavy atom. The van der Waals surface area contributed by atoms with Gasteiger partial charge in [-0.25, -0.2) is 0 Å². The molecule has 6 rings (SSSR count). The van der Waals surface area contributed by atoms with Gasteiger partial charge in [0, 0.05) is 46.4 Å². The second-order valence-electron chi connectivity index (χ2n) is 11.4. The van der Waals surface area contributed by atoms with Gasteiger partial charge in [0.2, 0.25) is 0 Å². The summed E-state index contributed by atoms with van der Waals surface area (Å²) in [5.74, 6) is -0.246. The molecule has 4 unspecified atom stereocenters. The Hall–Kier alpha value is -3.72. The van der Waals surface area contributed by atoms with E-state index >= 15 is 0 Å². The minimum absolute atomic E-state index is 0.0239. The van der Waals surface area contributed by atoms with E-state index in [1.807, 2.05) is 64.1 Å². The smallest absolute Gasteiger partial charge is 0.322 e. The van der Waals surface area contributed by atoms with Crippen LogP contribution in [0.5, 0.6) is 5.75 Å². The van der Waals surface area contributed by atoms with Gasteiger partial charge in [-0.2, -0.15) is 0 Å². The average molecular weight is 557 g/mol. The highest BCUT2D eigenvalue weighted by atomic mass is 16.7. The third-order valence-corrected chi connectivity index (χ3v) is 8.03. The number of hydrogen-bond donors (Lipinski definition) is 0. The van der Waals surface area contributed by atoms with Crippen molar-refractivity contribution in [3.63, 3.8) is 0 Å². The van der Waals surface area contributed by atoms with Gasteiger partial charge in [-0.15, -0.1) is 5.06 Å². The molecule has 0 radical (unpaired) electrons. The van der Waals surface area contributed by atoms with E-state index in [0.29, 0.717) is 30.1 Å². The van der Waals surface area contributed by atoms with Gasteiger partial charge < -0.3 is 23.6 Å². The summed E-state index contributed by atoms with van der Waals surface area (Å²) in [6.07, 6.45) is -0.128. The largest absolute Gasteiger partial charge is 0.491 e. The minimum atomic E-state index is -0.590. The third kappa shape index (κ3) is 5.12. The maximum Gasteiger partial charge on any atom is 0.322 e. The molecule has 1 aromatic heterocycles. The monoisotopic (exact) mass is 556 g/mol. The van der Waals surface area contributed by atoms with E-state index in [2.05, 4.69) is 29.7 Å². The van der Waals surface area contributed by atoms with Gasteiger partial charge in [0.25, 0.3) is 0 Å². The number of fused-ring (bicyclic) bond motifs is 3. The number of rotatable bonds is 8. The molecule has 0 bridgehead atoms. The van der Waals surface area contributed by atoms with Crippen LogP contribution in [-0.2, 0) is 25.7 Å². The molecule has 4 atom stereocenters. The molecule has 4 aromatic rings. The number of hydrogen-bond acceptors (Lipinski definition) is 7. The lowest BCUT2D eigenvalue weighted by Gasteiger charge is -2.17. The molecule has 41 heavy (non-hydrogen) atoms. The molecule has 214 valence electrons. The van der Waals surface area contributed by atoms with Crippen LogP contribution in [0.4, 0.5) is 0 Å². The fourth-order valence-electron chi connectivity index (χ4n) is 5.99. The van der Waals surface area contributed by atoms with E-state index < -0.39 is 5.79 Å². The number of carbonyl (C=O) groups is 2. The second-order valence-corrected chi connectivity index (χ2v) is 11.4. The highest BCUT2D eigenvalue weighted by Gasteiger charge is 2.48. The molecule has 2 fully saturated rings. The predicted molar refractivity (Wildman–Crippen MR) is 156 cm³/mol. The summed E-state index contributed by atoms with van der Waals surface area (Å²) in [6.45, 7) is 13.0. The first-order valence-corrected chi connectivity index (χ1v) is 14.2. The van der Waals surface area contributed by atoms with Gasteiger partial charge in [0.05, 0.1) is 18.7 Å². The fraction of sp³-hybridized carbons (Fsp3) is 0.394. The molecule has 0 aliphatic carbocycles. The molecule has 0 N–H and O–H groups in total. The standard InChI is InChI=1S/C33H36N2O6/c1-7-34-29-12-8-22(31-20(3)35(31)41-21(4)36)15-27(29)28-16-23(9-13-30(28)34)32(37)26-11-10-24(14-19(26)2)38-17-25-18-39-33(5,6)40-25/h8-16,20,25,31H,7,17-18H2,1-6H3. The number of hydroxylamine groups is 2. The minimum Gasteiger partial charge on any atom is -0.491 e. The van der Waals surface area contributed by atoms with Crippen molar-refractivity contribution in [3.05, 3.63) is 76.9 Å². The summed E-state index contributed by atoms with van der Waals surface area (Å²) in [4.78, 5) is 30.6. The van der Waals surface area contributed by atoms with Crippen molar-refractivity contribution < 1.29 is 28.6 Å². The van der Waals surface area contributed by atoms with Crippen molar-refractivity contribution >= 4 is 33.6 Å². The van der Waals surface area contributed by atoms with E-state index in [-0.39, 0.29) is 29.9 Å². The zero-order valence-corrected chi connectivity index (χ0v) is 24.4. The molecule has 0 amide bonds. The van der Waals surface area contributed by atoms with Crippen LogP contribution in [0.3, 0.4) is 0 Å². The number of nitrogens with zero attached hydrogens (tertiary/aromatic N) is 2. The van der Waals surface area contributed by atoms with Crippen LogP contribution in [-0.4, -0.2) is 52.5 Å². The third-order valence-electron chi connectivity index (χ3n) is 8.03.